The van der Waals surface area contributed by atoms with Gasteiger partial charge in [0.2, 0.25) is 0 Å². The van der Waals surface area contributed by atoms with Crippen molar-refractivity contribution in [3.05, 3.63) is 0 Å². The summed E-state index contributed by atoms with van der Waals surface area (Å²) in [7, 11) is 0. The number of aliphatic hydroxyl groups is 1. The SMILES string of the molecule is CC(=O)O.CCC.CCC.CCO. The quantitative estimate of drug-likeness (QED) is 0.623. The Bertz CT molecular complexity index is 54.4. The Morgan fingerprint density at radius 1 is 1.00 bits per heavy atom. The van der Waals surface area contributed by atoms with Crippen molar-refractivity contribution in [2.45, 2.75) is 54.4 Å². The van der Waals surface area contributed by atoms with Crippen LogP contribution in [-0.4, -0.2) is 22.8 Å². The molecule has 0 saturated carbocycles. The van der Waals surface area contributed by atoms with Gasteiger partial charge in [-0.15, -0.1) is 0 Å². The monoisotopic (exact) mass is 194 g/mol. The smallest absolute Gasteiger partial charge is 0.300 e. The predicted molar refractivity (Wildman–Crippen MR) is 58.0 cm³/mol. The van der Waals surface area contributed by atoms with E-state index in [0.29, 0.717) is 0 Å². The number of carbonyl (C=O) groups is 1. The molecule has 0 heterocycles. The fourth-order valence-corrected chi connectivity index (χ4v) is 0. The minimum Gasteiger partial charge on any atom is -0.481 e. The Kier molecular flexibility index (Phi) is 74.1. The molecule has 0 aromatic rings. The molecular formula is C10H26O3. The lowest BCUT2D eigenvalue weighted by Gasteiger charge is -1.59. The van der Waals surface area contributed by atoms with Gasteiger partial charge in [0.25, 0.3) is 5.97 Å². The van der Waals surface area contributed by atoms with Crippen molar-refractivity contribution in [2.24, 2.45) is 0 Å². The average molecular weight is 194 g/mol. The molecule has 0 radical (unpaired) electrons. The van der Waals surface area contributed by atoms with Gasteiger partial charge < -0.3 is 10.2 Å². The van der Waals surface area contributed by atoms with Gasteiger partial charge in [-0.2, -0.15) is 0 Å². The van der Waals surface area contributed by atoms with Crippen molar-refractivity contribution >= 4 is 5.97 Å². The van der Waals surface area contributed by atoms with Crippen LogP contribution in [0.2, 0.25) is 0 Å². The van der Waals surface area contributed by atoms with Crippen LogP contribution in [0.3, 0.4) is 0 Å². The summed E-state index contributed by atoms with van der Waals surface area (Å²) in [5.74, 6) is -0.833. The van der Waals surface area contributed by atoms with Crippen molar-refractivity contribution in [2.75, 3.05) is 6.61 Å². The van der Waals surface area contributed by atoms with E-state index in [1.807, 2.05) is 0 Å². The third-order valence-corrected chi connectivity index (χ3v) is 0. The normalized spacial score (nSPS) is 6.08. The number of hydrogen-bond donors (Lipinski definition) is 2. The van der Waals surface area contributed by atoms with Crippen LogP contribution in [0.4, 0.5) is 0 Å². The van der Waals surface area contributed by atoms with Crippen molar-refractivity contribution in [3.63, 3.8) is 0 Å². The van der Waals surface area contributed by atoms with E-state index in [2.05, 4.69) is 27.7 Å². The molecule has 0 aromatic heterocycles. The molecule has 84 valence electrons. The van der Waals surface area contributed by atoms with E-state index in [0.717, 1.165) is 6.92 Å². The van der Waals surface area contributed by atoms with E-state index in [1.54, 1.807) is 6.92 Å². The number of carboxylic acid groups (broad SMARTS) is 1. The predicted octanol–water partition coefficient (Wildman–Crippen LogP) is 2.92. The van der Waals surface area contributed by atoms with Crippen LogP contribution in [0.15, 0.2) is 0 Å². The molecule has 0 aliphatic heterocycles. The summed E-state index contributed by atoms with van der Waals surface area (Å²) in [5.41, 5.74) is 0. The van der Waals surface area contributed by atoms with Gasteiger partial charge in [0.15, 0.2) is 0 Å². The van der Waals surface area contributed by atoms with Crippen LogP contribution >= 0.6 is 0 Å². The number of hydrogen-bond acceptors (Lipinski definition) is 2. The lowest BCUT2D eigenvalue weighted by molar-refractivity contribution is -0.134. The second kappa shape index (κ2) is 42.2. The molecule has 0 bridgehead atoms. The van der Waals surface area contributed by atoms with Crippen molar-refractivity contribution in [1.82, 2.24) is 0 Å². The maximum absolute atomic E-state index is 9.00. The third kappa shape index (κ3) is 3130. The maximum Gasteiger partial charge on any atom is 0.300 e. The maximum atomic E-state index is 9.00. The molecule has 0 amide bonds. The molecule has 0 aromatic carbocycles. The Morgan fingerprint density at radius 2 is 1.00 bits per heavy atom. The number of aliphatic carboxylic acids is 1. The zero-order valence-electron chi connectivity index (χ0n) is 9.92. The van der Waals surface area contributed by atoms with Crippen molar-refractivity contribution < 1.29 is 15.0 Å². The third-order valence-electron chi connectivity index (χ3n) is 0. The van der Waals surface area contributed by atoms with Crippen molar-refractivity contribution in [1.29, 1.82) is 0 Å². The molecule has 0 atom stereocenters. The highest BCUT2D eigenvalue weighted by atomic mass is 16.4. The summed E-state index contributed by atoms with van der Waals surface area (Å²) in [5, 5.41) is 15.0. The molecule has 3 nitrogen and oxygen atoms in total. The van der Waals surface area contributed by atoms with Crippen LogP contribution in [0, 0.1) is 0 Å². The molecule has 0 saturated heterocycles. The molecule has 0 spiro atoms. The zero-order valence-corrected chi connectivity index (χ0v) is 9.92. The zero-order chi connectivity index (χ0) is 11.7. The summed E-state index contributed by atoms with van der Waals surface area (Å²) in [6.07, 6.45) is 2.50. The van der Waals surface area contributed by atoms with Crippen LogP contribution in [-0.2, 0) is 4.79 Å². The topological polar surface area (TPSA) is 57.5 Å². The number of aliphatic hydroxyl groups excluding tert-OH is 1. The molecule has 0 aliphatic carbocycles. The van der Waals surface area contributed by atoms with Gasteiger partial charge in [-0.1, -0.05) is 40.5 Å². The Morgan fingerprint density at radius 3 is 1.00 bits per heavy atom. The van der Waals surface area contributed by atoms with E-state index in [9.17, 15) is 0 Å². The average Bonchev–Trinajstić information content (AvgIpc) is 1.88. The first-order chi connectivity index (χ1) is 5.97. The summed E-state index contributed by atoms with van der Waals surface area (Å²) < 4.78 is 0. The lowest BCUT2D eigenvalue weighted by atomic mass is 10.6. The van der Waals surface area contributed by atoms with Crippen LogP contribution < -0.4 is 0 Å². The molecule has 2 N–H and O–H groups in total. The van der Waals surface area contributed by atoms with Gasteiger partial charge in [-0.25, -0.2) is 0 Å². The second-order valence-corrected chi connectivity index (χ2v) is 2.25. The van der Waals surface area contributed by atoms with Gasteiger partial charge in [0.05, 0.1) is 0 Å². The van der Waals surface area contributed by atoms with E-state index < -0.39 is 5.97 Å². The van der Waals surface area contributed by atoms with Gasteiger partial charge in [-0.05, 0) is 6.92 Å². The Balaban J connectivity index is -0.0000000420. The minimum absolute atomic E-state index is 0.250. The molecular weight excluding hydrogens is 168 g/mol. The summed E-state index contributed by atoms with van der Waals surface area (Å²) in [4.78, 5) is 9.00. The number of carboxylic acids is 1. The fourth-order valence-electron chi connectivity index (χ4n) is 0. The van der Waals surface area contributed by atoms with E-state index in [-0.39, 0.29) is 6.61 Å². The minimum atomic E-state index is -0.833. The largest absolute Gasteiger partial charge is 0.481 e. The van der Waals surface area contributed by atoms with E-state index in [1.165, 1.54) is 12.8 Å². The van der Waals surface area contributed by atoms with E-state index >= 15 is 0 Å². The molecule has 0 aliphatic rings. The Labute approximate surface area is 82.8 Å². The van der Waals surface area contributed by atoms with Crippen LogP contribution in [0.1, 0.15) is 54.4 Å². The highest BCUT2D eigenvalue weighted by Crippen LogP contribution is 1.56. The van der Waals surface area contributed by atoms with Gasteiger partial charge in [0, 0.05) is 13.5 Å². The van der Waals surface area contributed by atoms with Crippen LogP contribution in [0.5, 0.6) is 0 Å². The first kappa shape index (κ1) is 22.9. The molecule has 0 unspecified atom stereocenters. The van der Waals surface area contributed by atoms with E-state index in [4.69, 9.17) is 15.0 Å². The highest BCUT2D eigenvalue weighted by Gasteiger charge is 1.65. The molecule has 0 rings (SSSR count). The van der Waals surface area contributed by atoms with Gasteiger partial charge in [-0.3, -0.25) is 4.79 Å². The number of rotatable bonds is 0. The summed E-state index contributed by atoms with van der Waals surface area (Å²) >= 11 is 0. The van der Waals surface area contributed by atoms with Gasteiger partial charge in [0.1, 0.15) is 0 Å². The van der Waals surface area contributed by atoms with Crippen LogP contribution in [0.25, 0.3) is 0 Å². The fraction of sp³-hybridized carbons (Fsp3) is 0.900. The second-order valence-electron chi connectivity index (χ2n) is 2.25. The first-order valence-corrected chi connectivity index (χ1v) is 4.78. The molecule has 3 heteroatoms. The lowest BCUT2D eigenvalue weighted by Crippen LogP contribution is -1.78. The summed E-state index contributed by atoms with van der Waals surface area (Å²) in [6, 6.07) is 0. The molecule has 13 heavy (non-hydrogen) atoms. The first-order valence-electron chi connectivity index (χ1n) is 4.78. The standard InChI is InChI=1S/2C3H8.C2H4O2.C2H6O/c2*1-3-2;1-2(3)4;1-2-3/h2*3H2,1-2H3;1H3,(H,3,4);3H,2H2,1H3. The Hall–Kier alpha value is -0.570. The van der Waals surface area contributed by atoms with Gasteiger partial charge >= 0.3 is 0 Å². The molecule has 0 fully saturated rings. The van der Waals surface area contributed by atoms with Crippen molar-refractivity contribution in [3.8, 4) is 0 Å². The highest BCUT2D eigenvalue weighted by molar-refractivity contribution is 5.62. The summed E-state index contributed by atoms with van der Waals surface area (Å²) in [6.45, 7) is 11.5.